The minimum atomic E-state index is 0.372. The molecule has 0 amide bonds. The van der Waals surface area contributed by atoms with Crippen molar-refractivity contribution in [2.24, 2.45) is 5.73 Å². The van der Waals surface area contributed by atoms with Crippen molar-refractivity contribution in [2.45, 2.75) is 32.4 Å². The summed E-state index contributed by atoms with van der Waals surface area (Å²) in [6, 6.07) is 9.63. The summed E-state index contributed by atoms with van der Waals surface area (Å²) in [6.07, 6.45) is 1.14. The van der Waals surface area contributed by atoms with Crippen molar-refractivity contribution < 1.29 is 0 Å². The third kappa shape index (κ3) is 2.39. The van der Waals surface area contributed by atoms with Crippen LogP contribution >= 0.6 is 0 Å². The van der Waals surface area contributed by atoms with Gasteiger partial charge < -0.3 is 5.73 Å². The van der Waals surface area contributed by atoms with Crippen molar-refractivity contribution in [2.75, 3.05) is 13.1 Å². The average molecular weight is 204 g/mol. The molecule has 0 saturated carbocycles. The van der Waals surface area contributed by atoms with Crippen molar-refractivity contribution in [3.8, 4) is 0 Å². The molecular formula is C13H20N2. The molecule has 2 N–H and O–H groups in total. The van der Waals surface area contributed by atoms with Crippen LogP contribution in [0.1, 0.15) is 30.5 Å². The molecule has 1 saturated heterocycles. The largest absolute Gasteiger partial charge is 0.326 e. The van der Waals surface area contributed by atoms with Crippen LogP contribution in [0, 0.1) is 6.92 Å². The lowest BCUT2D eigenvalue weighted by Gasteiger charge is -2.24. The zero-order valence-corrected chi connectivity index (χ0v) is 9.61. The van der Waals surface area contributed by atoms with E-state index in [1.54, 1.807) is 0 Å². The second-order valence-corrected chi connectivity index (χ2v) is 4.63. The van der Waals surface area contributed by atoms with Crippen LogP contribution in [0.15, 0.2) is 24.3 Å². The minimum absolute atomic E-state index is 0.372. The highest BCUT2D eigenvalue weighted by Crippen LogP contribution is 2.24. The molecule has 1 aromatic rings. The molecule has 1 aliphatic rings. The van der Waals surface area contributed by atoms with Crippen LogP contribution in [-0.2, 0) is 0 Å². The molecule has 2 unspecified atom stereocenters. The molecule has 0 bridgehead atoms. The van der Waals surface area contributed by atoms with Gasteiger partial charge in [0.2, 0.25) is 0 Å². The van der Waals surface area contributed by atoms with Gasteiger partial charge in [0.25, 0.3) is 0 Å². The fourth-order valence-electron chi connectivity index (χ4n) is 2.31. The summed E-state index contributed by atoms with van der Waals surface area (Å²) >= 11 is 0. The summed E-state index contributed by atoms with van der Waals surface area (Å²) in [5.74, 6) is 0. The Labute approximate surface area is 92.1 Å². The number of likely N-dealkylation sites (tertiary alicyclic amines) is 1. The Morgan fingerprint density at radius 1 is 1.47 bits per heavy atom. The smallest absolute Gasteiger partial charge is 0.0320 e. The number of hydrogen-bond acceptors (Lipinski definition) is 2. The molecule has 1 aromatic carbocycles. The van der Waals surface area contributed by atoms with Crippen molar-refractivity contribution in [1.29, 1.82) is 0 Å². The van der Waals surface area contributed by atoms with Crippen molar-refractivity contribution in [3.63, 3.8) is 0 Å². The lowest BCUT2D eigenvalue weighted by Crippen LogP contribution is -2.28. The van der Waals surface area contributed by atoms with Crippen molar-refractivity contribution >= 4 is 0 Å². The standard InChI is InChI=1S/C13H20N2/c1-10-4-3-5-12(8-10)11(2)15-7-6-13(14)9-15/h3-5,8,11,13H,6-7,9,14H2,1-2H3. The molecule has 1 heterocycles. The van der Waals surface area contributed by atoms with Gasteiger partial charge in [-0.1, -0.05) is 29.8 Å². The molecule has 15 heavy (non-hydrogen) atoms. The maximum Gasteiger partial charge on any atom is 0.0320 e. The van der Waals surface area contributed by atoms with E-state index in [0.29, 0.717) is 12.1 Å². The Morgan fingerprint density at radius 3 is 2.87 bits per heavy atom. The van der Waals surface area contributed by atoms with E-state index in [1.807, 2.05) is 0 Å². The maximum absolute atomic E-state index is 5.93. The normalized spacial score (nSPS) is 24.3. The fourth-order valence-corrected chi connectivity index (χ4v) is 2.31. The Hall–Kier alpha value is -0.860. The topological polar surface area (TPSA) is 29.3 Å². The van der Waals surface area contributed by atoms with E-state index in [4.69, 9.17) is 5.73 Å². The van der Waals surface area contributed by atoms with Gasteiger partial charge in [0, 0.05) is 25.2 Å². The summed E-state index contributed by atoms with van der Waals surface area (Å²) in [5.41, 5.74) is 8.67. The molecule has 82 valence electrons. The van der Waals surface area contributed by atoms with Gasteiger partial charge in [-0.3, -0.25) is 4.90 Å². The Kier molecular flexibility index (Phi) is 3.08. The second kappa shape index (κ2) is 4.33. The van der Waals surface area contributed by atoms with E-state index in [2.05, 4.69) is 43.0 Å². The summed E-state index contributed by atoms with van der Waals surface area (Å²) in [7, 11) is 0. The quantitative estimate of drug-likeness (QED) is 0.799. The monoisotopic (exact) mass is 204 g/mol. The molecule has 0 radical (unpaired) electrons. The van der Waals surface area contributed by atoms with Crippen LogP contribution in [0.25, 0.3) is 0 Å². The van der Waals surface area contributed by atoms with Gasteiger partial charge >= 0.3 is 0 Å². The SMILES string of the molecule is Cc1cccc(C(C)N2CCC(N)C2)c1. The molecule has 1 aliphatic heterocycles. The van der Waals surface area contributed by atoms with Crippen LogP contribution in [0.2, 0.25) is 0 Å². The van der Waals surface area contributed by atoms with E-state index in [9.17, 15) is 0 Å². The van der Waals surface area contributed by atoms with Crippen molar-refractivity contribution in [3.05, 3.63) is 35.4 Å². The second-order valence-electron chi connectivity index (χ2n) is 4.63. The zero-order valence-electron chi connectivity index (χ0n) is 9.61. The number of nitrogens with zero attached hydrogens (tertiary/aromatic N) is 1. The molecule has 0 spiro atoms. The predicted molar refractivity (Wildman–Crippen MR) is 63.8 cm³/mol. The maximum atomic E-state index is 5.93. The highest BCUT2D eigenvalue weighted by molar-refractivity contribution is 5.24. The van der Waals surface area contributed by atoms with Gasteiger partial charge in [-0.05, 0) is 25.8 Å². The Bertz CT molecular complexity index is 335. The lowest BCUT2D eigenvalue weighted by atomic mass is 10.0. The summed E-state index contributed by atoms with van der Waals surface area (Å²) in [4.78, 5) is 2.47. The zero-order chi connectivity index (χ0) is 10.8. The van der Waals surface area contributed by atoms with Gasteiger partial charge in [0.15, 0.2) is 0 Å². The molecule has 1 fully saturated rings. The molecule has 2 nitrogen and oxygen atoms in total. The van der Waals surface area contributed by atoms with Gasteiger partial charge in [-0.15, -0.1) is 0 Å². The number of aryl methyl sites for hydroxylation is 1. The van der Waals surface area contributed by atoms with Crippen LogP contribution in [0.3, 0.4) is 0 Å². The number of hydrogen-bond donors (Lipinski definition) is 1. The van der Waals surface area contributed by atoms with E-state index < -0.39 is 0 Å². The van der Waals surface area contributed by atoms with Crippen LogP contribution < -0.4 is 5.73 Å². The predicted octanol–water partition coefficient (Wildman–Crippen LogP) is 2.09. The van der Waals surface area contributed by atoms with E-state index in [0.717, 1.165) is 19.5 Å². The third-order valence-electron chi connectivity index (χ3n) is 3.33. The molecule has 0 aromatic heterocycles. The highest BCUT2D eigenvalue weighted by atomic mass is 15.2. The van der Waals surface area contributed by atoms with Gasteiger partial charge in [-0.25, -0.2) is 0 Å². The molecule has 0 aliphatic carbocycles. The van der Waals surface area contributed by atoms with Crippen LogP contribution in [-0.4, -0.2) is 24.0 Å². The minimum Gasteiger partial charge on any atom is -0.326 e. The Balaban J connectivity index is 2.10. The number of benzene rings is 1. The first-order valence-corrected chi connectivity index (χ1v) is 5.73. The molecular weight excluding hydrogens is 184 g/mol. The van der Waals surface area contributed by atoms with Crippen LogP contribution in [0.5, 0.6) is 0 Å². The van der Waals surface area contributed by atoms with Gasteiger partial charge in [-0.2, -0.15) is 0 Å². The van der Waals surface area contributed by atoms with Gasteiger partial charge in [0.1, 0.15) is 0 Å². The Morgan fingerprint density at radius 2 is 2.27 bits per heavy atom. The first kappa shape index (κ1) is 10.7. The number of rotatable bonds is 2. The van der Waals surface area contributed by atoms with E-state index in [-0.39, 0.29) is 0 Å². The van der Waals surface area contributed by atoms with Crippen molar-refractivity contribution in [1.82, 2.24) is 4.90 Å². The van der Waals surface area contributed by atoms with Gasteiger partial charge in [0.05, 0.1) is 0 Å². The van der Waals surface area contributed by atoms with E-state index >= 15 is 0 Å². The third-order valence-corrected chi connectivity index (χ3v) is 3.33. The molecule has 2 atom stereocenters. The van der Waals surface area contributed by atoms with Crippen LogP contribution in [0.4, 0.5) is 0 Å². The highest BCUT2D eigenvalue weighted by Gasteiger charge is 2.24. The average Bonchev–Trinajstić information content (AvgIpc) is 2.64. The molecule has 2 rings (SSSR count). The molecule has 2 heteroatoms. The summed E-state index contributed by atoms with van der Waals surface area (Å²) in [6.45, 7) is 6.59. The van der Waals surface area contributed by atoms with E-state index in [1.165, 1.54) is 11.1 Å². The number of nitrogens with two attached hydrogens (primary N) is 1. The fraction of sp³-hybridized carbons (Fsp3) is 0.538. The lowest BCUT2D eigenvalue weighted by molar-refractivity contribution is 0.260. The summed E-state index contributed by atoms with van der Waals surface area (Å²) in [5, 5.41) is 0. The first-order valence-electron chi connectivity index (χ1n) is 5.73. The summed E-state index contributed by atoms with van der Waals surface area (Å²) < 4.78 is 0. The first-order chi connectivity index (χ1) is 7.16.